The molecule has 196 valence electrons. The summed E-state index contributed by atoms with van der Waals surface area (Å²) in [5.74, 6) is -2.45. The Morgan fingerprint density at radius 2 is 1.69 bits per heavy atom. The van der Waals surface area contributed by atoms with Crippen LogP contribution in [0.1, 0.15) is 21.7 Å². The quantitative estimate of drug-likeness (QED) is 0.330. The van der Waals surface area contributed by atoms with Crippen molar-refractivity contribution in [3.63, 3.8) is 0 Å². The highest BCUT2D eigenvalue weighted by molar-refractivity contribution is 5.95. The molecule has 0 saturated heterocycles. The van der Waals surface area contributed by atoms with E-state index in [1.807, 2.05) is 0 Å². The van der Waals surface area contributed by atoms with Crippen LogP contribution in [0.15, 0.2) is 77.6 Å². The van der Waals surface area contributed by atoms with Gasteiger partial charge in [0, 0.05) is 16.9 Å². The number of carboxylic acids is 1. The zero-order chi connectivity index (χ0) is 28.3. The number of carboxylic acid groups (broad SMARTS) is 1. The standard InChI is InChI=1S/C28H19F3N4O4/c1-16-24(22-9-4-3-8-21(22)17-10-12-19(32-2)13-11-17)34-25(26(38)33-15-23(36)37)27(39)35(16)20-7-5-6-18(14-20)28(29,30)31/h3-14H,15H2,1H3,(H,33,38)(H,36,37). The van der Waals surface area contributed by atoms with Gasteiger partial charge in [0.25, 0.3) is 11.5 Å². The summed E-state index contributed by atoms with van der Waals surface area (Å²) in [6, 6.07) is 17.6. The summed E-state index contributed by atoms with van der Waals surface area (Å²) in [4.78, 5) is 44.9. The monoisotopic (exact) mass is 532 g/mol. The second kappa shape index (κ2) is 10.6. The van der Waals surface area contributed by atoms with Gasteiger partial charge in [0.05, 0.1) is 17.8 Å². The number of hydrogen-bond acceptors (Lipinski definition) is 4. The summed E-state index contributed by atoms with van der Waals surface area (Å²) in [5, 5.41) is 11.0. The van der Waals surface area contributed by atoms with Crippen molar-refractivity contribution in [1.82, 2.24) is 14.9 Å². The maximum absolute atomic E-state index is 13.5. The van der Waals surface area contributed by atoms with Crippen molar-refractivity contribution in [3.05, 3.63) is 112 Å². The van der Waals surface area contributed by atoms with E-state index in [-0.39, 0.29) is 17.1 Å². The van der Waals surface area contributed by atoms with Crippen molar-refractivity contribution in [2.75, 3.05) is 6.54 Å². The van der Waals surface area contributed by atoms with Crippen LogP contribution in [0.5, 0.6) is 0 Å². The fourth-order valence-corrected chi connectivity index (χ4v) is 4.04. The third-order valence-corrected chi connectivity index (χ3v) is 5.84. The summed E-state index contributed by atoms with van der Waals surface area (Å²) in [6.07, 6.45) is -4.69. The summed E-state index contributed by atoms with van der Waals surface area (Å²) < 4.78 is 41.4. The lowest BCUT2D eigenvalue weighted by atomic mass is 9.96. The SMILES string of the molecule is [C-]#[N+]c1ccc(-c2ccccc2-c2nc(C(=O)NCC(=O)O)c(=O)n(-c3cccc(C(F)(F)F)c3)c2C)cc1. The van der Waals surface area contributed by atoms with Crippen molar-refractivity contribution in [2.24, 2.45) is 0 Å². The molecule has 4 rings (SSSR count). The maximum Gasteiger partial charge on any atom is 0.416 e. The van der Waals surface area contributed by atoms with Crippen LogP contribution >= 0.6 is 0 Å². The molecule has 2 N–H and O–H groups in total. The molecule has 3 aromatic carbocycles. The highest BCUT2D eigenvalue weighted by Gasteiger charge is 2.31. The van der Waals surface area contributed by atoms with Gasteiger partial charge in [-0.25, -0.2) is 9.83 Å². The molecule has 1 heterocycles. The molecule has 39 heavy (non-hydrogen) atoms. The van der Waals surface area contributed by atoms with Gasteiger partial charge in [-0.3, -0.25) is 19.0 Å². The molecule has 0 bridgehead atoms. The smallest absolute Gasteiger partial charge is 0.416 e. The number of halogens is 3. The molecule has 0 saturated carbocycles. The second-order valence-corrected chi connectivity index (χ2v) is 8.36. The largest absolute Gasteiger partial charge is 0.480 e. The molecule has 0 aliphatic rings. The Morgan fingerprint density at radius 1 is 1.03 bits per heavy atom. The van der Waals surface area contributed by atoms with Crippen molar-refractivity contribution < 1.29 is 27.9 Å². The topological polar surface area (TPSA) is 106 Å². The summed E-state index contributed by atoms with van der Waals surface area (Å²) in [5.41, 5.74) is -0.395. The number of amides is 1. The lowest BCUT2D eigenvalue weighted by Crippen LogP contribution is -2.37. The van der Waals surface area contributed by atoms with Crippen LogP contribution in [0.4, 0.5) is 18.9 Å². The van der Waals surface area contributed by atoms with Gasteiger partial charge < -0.3 is 10.4 Å². The van der Waals surface area contributed by atoms with E-state index in [0.717, 1.165) is 22.8 Å². The molecule has 4 aromatic rings. The van der Waals surface area contributed by atoms with E-state index in [1.165, 1.54) is 13.0 Å². The van der Waals surface area contributed by atoms with Gasteiger partial charge in [-0.05, 0) is 36.2 Å². The molecule has 0 radical (unpaired) electrons. The lowest BCUT2D eigenvalue weighted by Gasteiger charge is -2.18. The molecule has 0 fully saturated rings. The molecular formula is C28H19F3N4O4. The van der Waals surface area contributed by atoms with Gasteiger partial charge in [-0.2, -0.15) is 13.2 Å². The minimum Gasteiger partial charge on any atom is -0.480 e. The first kappa shape index (κ1) is 26.8. The first-order valence-corrected chi connectivity index (χ1v) is 11.4. The lowest BCUT2D eigenvalue weighted by molar-refractivity contribution is -0.138. The van der Waals surface area contributed by atoms with E-state index in [9.17, 15) is 27.6 Å². The minimum atomic E-state index is -4.69. The Bertz CT molecular complexity index is 1690. The molecule has 0 unspecified atom stereocenters. The summed E-state index contributed by atoms with van der Waals surface area (Å²) in [6.45, 7) is 7.86. The van der Waals surface area contributed by atoms with Gasteiger partial charge in [0.2, 0.25) is 0 Å². The molecule has 1 amide bonds. The molecular weight excluding hydrogens is 513 g/mol. The van der Waals surface area contributed by atoms with Gasteiger partial charge in [-0.1, -0.05) is 54.6 Å². The van der Waals surface area contributed by atoms with E-state index in [2.05, 4.69) is 15.1 Å². The fraction of sp³-hybridized carbons (Fsp3) is 0.107. The van der Waals surface area contributed by atoms with Crippen LogP contribution < -0.4 is 10.9 Å². The number of carbonyl (C=O) groups excluding carboxylic acids is 1. The average Bonchev–Trinajstić information content (AvgIpc) is 2.92. The number of rotatable bonds is 6. The van der Waals surface area contributed by atoms with Crippen molar-refractivity contribution >= 4 is 17.6 Å². The van der Waals surface area contributed by atoms with Crippen LogP contribution in [-0.4, -0.2) is 33.1 Å². The van der Waals surface area contributed by atoms with Gasteiger partial charge in [0.15, 0.2) is 11.4 Å². The Morgan fingerprint density at radius 3 is 2.31 bits per heavy atom. The molecule has 1 aromatic heterocycles. The minimum absolute atomic E-state index is 0.123. The first-order chi connectivity index (χ1) is 18.5. The number of nitrogens with zero attached hydrogens (tertiary/aromatic N) is 3. The molecule has 11 heteroatoms. The number of carbonyl (C=O) groups is 2. The molecule has 0 aliphatic heterocycles. The number of aliphatic carboxylic acids is 1. The van der Waals surface area contributed by atoms with Gasteiger partial charge in [-0.15, -0.1) is 0 Å². The normalized spacial score (nSPS) is 11.1. The first-order valence-electron chi connectivity index (χ1n) is 11.4. The number of hydrogen-bond donors (Lipinski definition) is 2. The summed E-state index contributed by atoms with van der Waals surface area (Å²) in [7, 11) is 0. The Hall–Kier alpha value is -5.24. The predicted octanol–water partition coefficient (Wildman–Crippen LogP) is 5.26. The Kier molecular flexibility index (Phi) is 7.31. The van der Waals surface area contributed by atoms with Crippen molar-refractivity contribution in [2.45, 2.75) is 13.1 Å². The van der Waals surface area contributed by atoms with Crippen molar-refractivity contribution in [3.8, 4) is 28.1 Å². The van der Waals surface area contributed by atoms with Crippen molar-refractivity contribution in [1.29, 1.82) is 0 Å². The van der Waals surface area contributed by atoms with Crippen LogP contribution in [0.25, 0.3) is 32.9 Å². The maximum atomic E-state index is 13.5. The van der Waals surface area contributed by atoms with E-state index in [1.54, 1.807) is 48.5 Å². The molecule has 0 atom stereocenters. The van der Waals surface area contributed by atoms with Gasteiger partial charge >= 0.3 is 12.1 Å². The highest BCUT2D eigenvalue weighted by Crippen LogP contribution is 2.35. The molecule has 8 nitrogen and oxygen atoms in total. The number of alkyl halides is 3. The second-order valence-electron chi connectivity index (χ2n) is 8.36. The predicted molar refractivity (Wildman–Crippen MR) is 137 cm³/mol. The fourth-order valence-electron chi connectivity index (χ4n) is 4.04. The summed E-state index contributed by atoms with van der Waals surface area (Å²) >= 11 is 0. The van der Waals surface area contributed by atoms with Crippen LogP contribution in [0.2, 0.25) is 0 Å². The number of nitrogens with one attached hydrogen (secondary N) is 1. The highest BCUT2D eigenvalue weighted by atomic mass is 19.4. The molecule has 0 spiro atoms. The number of benzene rings is 3. The van der Waals surface area contributed by atoms with Crippen LogP contribution in [0, 0.1) is 13.5 Å². The Balaban J connectivity index is 2.01. The van der Waals surface area contributed by atoms with Crippen LogP contribution in [-0.2, 0) is 11.0 Å². The zero-order valence-corrected chi connectivity index (χ0v) is 20.3. The van der Waals surface area contributed by atoms with Crippen LogP contribution in [0.3, 0.4) is 0 Å². The number of aromatic nitrogens is 2. The van der Waals surface area contributed by atoms with E-state index >= 15 is 0 Å². The zero-order valence-electron chi connectivity index (χ0n) is 20.3. The third kappa shape index (κ3) is 5.55. The van der Waals surface area contributed by atoms with Gasteiger partial charge in [0.1, 0.15) is 6.54 Å². The van der Waals surface area contributed by atoms with E-state index in [0.29, 0.717) is 22.4 Å². The van der Waals surface area contributed by atoms with E-state index < -0.39 is 41.4 Å². The Labute approximate surface area is 219 Å². The molecule has 0 aliphatic carbocycles. The van der Waals surface area contributed by atoms with E-state index in [4.69, 9.17) is 11.7 Å². The third-order valence-electron chi connectivity index (χ3n) is 5.84. The average molecular weight is 532 g/mol.